The number of carboxylic acids is 2. The van der Waals surface area contributed by atoms with Crippen molar-refractivity contribution in [3.63, 3.8) is 0 Å². The quantitative estimate of drug-likeness (QED) is 0.765. The smallest absolute Gasteiger partial charge is 0.357 e. The van der Waals surface area contributed by atoms with E-state index in [9.17, 15) is 9.59 Å². The first kappa shape index (κ1) is 11.8. The lowest BCUT2D eigenvalue weighted by Crippen LogP contribution is -2.07. The van der Waals surface area contributed by atoms with Crippen molar-refractivity contribution in [1.29, 1.82) is 0 Å². The van der Waals surface area contributed by atoms with E-state index >= 15 is 0 Å². The molecule has 0 saturated carbocycles. The molecule has 6 heteroatoms. The SMILES string of the molecule is Cc1ccc(-c2nc(C(=O)O)c(C(=O)O)[nH]2)cc1. The third-order valence-electron chi connectivity index (χ3n) is 2.45. The minimum atomic E-state index is -1.37. The fraction of sp³-hybridized carbons (Fsp3) is 0.0833. The molecule has 0 aliphatic carbocycles. The lowest BCUT2D eigenvalue weighted by Gasteiger charge is -1.96. The number of rotatable bonds is 3. The van der Waals surface area contributed by atoms with Gasteiger partial charge in [0.2, 0.25) is 0 Å². The summed E-state index contributed by atoms with van der Waals surface area (Å²) in [6.07, 6.45) is 0. The van der Waals surface area contributed by atoms with E-state index in [1.165, 1.54) is 0 Å². The summed E-state index contributed by atoms with van der Waals surface area (Å²) in [5.74, 6) is -2.50. The van der Waals surface area contributed by atoms with Crippen molar-refractivity contribution in [2.75, 3.05) is 0 Å². The van der Waals surface area contributed by atoms with Gasteiger partial charge in [0.1, 0.15) is 5.82 Å². The third-order valence-corrected chi connectivity index (χ3v) is 2.45. The van der Waals surface area contributed by atoms with Crippen LogP contribution in [0.4, 0.5) is 0 Å². The molecule has 6 nitrogen and oxygen atoms in total. The summed E-state index contributed by atoms with van der Waals surface area (Å²) in [4.78, 5) is 28.1. The Labute approximate surface area is 102 Å². The molecule has 3 N–H and O–H groups in total. The van der Waals surface area contributed by atoms with Crippen LogP contribution in [0.5, 0.6) is 0 Å². The van der Waals surface area contributed by atoms with Gasteiger partial charge < -0.3 is 15.2 Å². The Morgan fingerprint density at radius 3 is 2.17 bits per heavy atom. The number of imidazole rings is 1. The Morgan fingerprint density at radius 2 is 1.72 bits per heavy atom. The first-order chi connectivity index (χ1) is 8.49. The van der Waals surface area contributed by atoms with E-state index in [0.717, 1.165) is 5.56 Å². The van der Waals surface area contributed by atoms with Crippen molar-refractivity contribution in [3.05, 3.63) is 41.2 Å². The fourth-order valence-corrected chi connectivity index (χ4v) is 1.53. The van der Waals surface area contributed by atoms with Gasteiger partial charge in [0.15, 0.2) is 11.4 Å². The Morgan fingerprint density at radius 1 is 1.11 bits per heavy atom. The summed E-state index contributed by atoms with van der Waals surface area (Å²) in [5, 5.41) is 17.8. The molecule has 0 radical (unpaired) electrons. The summed E-state index contributed by atoms with van der Waals surface area (Å²) in [6, 6.07) is 7.15. The Bertz CT molecular complexity index is 582. The maximum atomic E-state index is 10.9. The number of carbonyl (C=O) groups is 2. The summed E-state index contributed by atoms with van der Waals surface area (Å²) in [7, 11) is 0. The number of benzene rings is 1. The number of aryl methyl sites for hydroxylation is 1. The van der Waals surface area contributed by atoms with Crippen LogP contribution in [-0.2, 0) is 0 Å². The number of nitrogens with one attached hydrogen (secondary N) is 1. The third kappa shape index (κ3) is 2.08. The summed E-state index contributed by atoms with van der Waals surface area (Å²) in [6.45, 7) is 1.91. The molecule has 0 aliphatic rings. The molecule has 0 bridgehead atoms. The van der Waals surface area contributed by atoms with Crippen LogP contribution in [0.25, 0.3) is 11.4 Å². The molecule has 2 aromatic rings. The fourth-order valence-electron chi connectivity index (χ4n) is 1.53. The zero-order valence-corrected chi connectivity index (χ0v) is 9.47. The van der Waals surface area contributed by atoms with Crippen LogP contribution in [0.1, 0.15) is 26.5 Å². The van der Waals surface area contributed by atoms with Crippen molar-refractivity contribution < 1.29 is 19.8 Å². The molecular weight excluding hydrogens is 236 g/mol. The largest absolute Gasteiger partial charge is 0.477 e. The van der Waals surface area contributed by atoms with Crippen molar-refractivity contribution >= 4 is 11.9 Å². The molecule has 0 saturated heterocycles. The van der Waals surface area contributed by atoms with Gasteiger partial charge in [-0.05, 0) is 6.92 Å². The lowest BCUT2D eigenvalue weighted by molar-refractivity contribution is 0.0644. The summed E-state index contributed by atoms with van der Waals surface area (Å²) in [5.41, 5.74) is 0.772. The average molecular weight is 246 g/mol. The predicted molar refractivity (Wildman–Crippen MR) is 62.7 cm³/mol. The Kier molecular flexibility index (Phi) is 2.85. The van der Waals surface area contributed by atoms with Gasteiger partial charge in [0, 0.05) is 5.56 Å². The van der Waals surface area contributed by atoms with Crippen LogP contribution >= 0.6 is 0 Å². The lowest BCUT2D eigenvalue weighted by atomic mass is 10.1. The number of carboxylic acid groups (broad SMARTS) is 2. The molecule has 0 spiro atoms. The molecular formula is C12H10N2O4. The van der Waals surface area contributed by atoms with Gasteiger partial charge in [-0.25, -0.2) is 14.6 Å². The normalized spacial score (nSPS) is 10.3. The van der Waals surface area contributed by atoms with Gasteiger partial charge in [-0.15, -0.1) is 0 Å². The number of nitrogens with zero attached hydrogens (tertiary/aromatic N) is 1. The molecule has 1 heterocycles. The Balaban J connectivity index is 2.53. The van der Waals surface area contributed by atoms with E-state index in [0.29, 0.717) is 5.56 Å². The van der Waals surface area contributed by atoms with E-state index in [1.54, 1.807) is 12.1 Å². The highest BCUT2D eigenvalue weighted by atomic mass is 16.4. The second kappa shape index (κ2) is 4.33. The van der Waals surface area contributed by atoms with Gasteiger partial charge in [-0.1, -0.05) is 29.8 Å². The number of H-pyrrole nitrogens is 1. The molecule has 0 aliphatic heterocycles. The second-order valence-corrected chi connectivity index (χ2v) is 3.79. The van der Waals surface area contributed by atoms with Crippen LogP contribution in [0.3, 0.4) is 0 Å². The second-order valence-electron chi connectivity index (χ2n) is 3.79. The minimum absolute atomic E-state index is 0.227. The van der Waals surface area contributed by atoms with Crippen LogP contribution in [0.2, 0.25) is 0 Å². The van der Waals surface area contributed by atoms with Crippen molar-refractivity contribution in [2.24, 2.45) is 0 Å². The van der Waals surface area contributed by atoms with E-state index in [-0.39, 0.29) is 5.82 Å². The van der Waals surface area contributed by atoms with E-state index < -0.39 is 23.3 Å². The van der Waals surface area contributed by atoms with Crippen LogP contribution in [-0.4, -0.2) is 32.1 Å². The van der Waals surface area contributed by atoms with Crippen LogP contribution in [0, 0.1) is 6.92 Å². The topological polar surface area (TPSA) is 103 Å². The zero-order chi connectivity index (χ0) is 13.3. The molecule has 1 aromatic heterocycles. The highest BCUT2D eigenvalue weighted by molar-refractivity contribution is 5.99. The Hall–Kier alpha value is -2.63. The zero-order valence-electron chi connectivity index (χ0n) is 9.47. The molecule has 92 valence electrons. The minimum Gasteiger partial charge on any atom is -0.477 e. The summed E-state index contributed by atoms with van der Waals surface area (Å²) < 4.78 is 0. The van der Waals surface area contributed by atoms with Crippen molar-refractivity contribution in [1.82, 2.24) is 9.97 Å². The highest BCUT2D eigenvalue weighted by Crippen LogP contribution is 2.19. The highest BCUT2D eigenvalue weighted by Gasteiger charge is 2.22. The molecule has 18 heavy (non-hydrogen) atoms. The van der Waals surface area contributed by atoms with Crippen LogP contribution in [0.15, 0.2) is 24.3 Å². The molecule has 0 amide bonds. The predicted octanol–water partition coefficient (Wildman–Crippen LogP) is 1.78. The standard InChI is InChI=1S/C12H10N2O4/c1-6-2-4-7(5-3-6)10-13-8(11(15)16)9(14-10)12(17)18/h2-5H,1H3,(H,13,14)(H,15,16)(H,17,18). The van der Waals surface area contributed by atoms with E-state index in [1.807, 2.05) is 19.1 Å². The number of aromatic nitrogens is 2. The summed E-state index contributed by atoms with van der Waals surface area (Å²) >= 11 is 0. The van der Waals surface area contributed by atoms with Crippen molar-refractivity contribution in [2.45, 2.75) is 6.92 Å². The van der Waals surface area contributed by atoms with E-state index in [4.69, 9.17) is 10.2 Å². The maximum absolute atomic E-state index is 10.9. The molecule has 0 fully saturated rings. The molecule has 0 atom stereocenters. The van der Waals surface area contributed by atoms with Crippen molar-refractivity contribution in [3.8, 4) is 11.4 Å². The monoisotopic (exact) mass is 246 g/mol. The van der Waals surface area contributed by atoms with Gasteiger partial charge in [0.05, 0.1) is 0 Å². The average Bonchev–Trinajstić information content (AvgIpc) is 2.75. The van der Waals surface area contributed by atoms with Gasteiger partial charge in [-0.3, -0.25) is 0 Å². The number of aromatic amines is 1. The van der Waals surface area contributed by atoms with E-state index in [2.05, 4.69) is 9.97 Å². The number of aromatic carboxylic acids is 2. The first-order valence-electron chi connectivity index (χ1n) is 5.12. The molecule has 0 unspecified atom stereocenters. The van der Waals surface area contributed by atoms with Crippen LogP contribution < -0.4 is 0 Å². The van der Waals surface area contributed by atoms with Gasteiger partial charge in [-0.2, -0.15) is 0 Å². The van der Waals surface area contributed by atoms with Gasteiger partial charge >= 0.3 is 11.9 Å². The maximum Gasteiger partial charge on any atom is 0.357 e. The molecule has 1 aromatic carbocycles. The van der Waals surface area contributed by atoms with Gasteiger partial charge in [0.25, 0.3) is 0 Å². The first-order valence-corrected chi connectivity index (χ1v) is 5.12. The number of hydrogen-bond donors (Lipinski definition) is 3. The number of hydrogen-bond acceptors (Lipinski definition) is 3. The molecule has 2 rings (SSSR count).